The minimum atomic E-state index is -0.504. The molecule has 3 rings (SSSR count). The molecule has 3 N–H and O–H groups in total. The first-order valence-electron chi connectivity index (χ1n) is 11.2. The number of ether oxygens (including phenoxy) is 1. The number of unbranched alkanes of at least 4 members (excludes halogenated alkanes) is 1. The molecule has 0 aliphatic rings. The lowest BCUT2D eigenvalue weighted by atomic mass is 10.2. The van der Waals surface area contributed by atoms with E-state index >= 15 is 0 Å². The maximum Gasteiger partial charge on any atom is 0.407 e. The quantitative estimate of drug-likeness (QED) is 0.440. The molecule has 0 unspecified atom stereocenters. The van der Waals surface area contributed by atoms with E-state index in [9.17, 15) is 9.59 Å². The minimum Gasteiger partial charge on any atom is -0.444 e. The van der Waals surface area contributed by atoms with E-state index < -0.39 is 11.7 Å². The topological polar surface area (TPSA) is 123 Å². The minimum absolute atomic E-state index is 0.0431. The number of aromatic nitrogens is 4. The molecule has 10 nitrogen and oxygen atoms in total. The summed E-state index contributed by atoms with van der Waals surface area (Å²) < 4.78 is 7.16. The smallest absolute Gasteiger partial charge is 0.407 e. The van der Waals surface area contributed by atoms with Crippen LogP contribution in [0.2, 0.25) is 0 Å². The molecule has 33 heavy (non-hydrogen) atoms. The van der Waals surface area contributed by atoms with E-state index in [4.69, 9.17) is 9.72 Å². The van der Waals surface area contributed by atoms with Crippen LogP contribution in [0, 0.1) is 12.8 Å². The fraction of sp³-hybridized carbons (Fsp3) is 0.522. The number of hydrogen-bond acceptors (Lipinski definition) is 7. The van der Waals surface area contributed by atoms with Crippen molar-refractivity contribution in [1.82, 2.24) is 24.9 Å². The van der Waals surface area contributed by atoms with Crippen molar-refractivity contribution in [3.8, 4) is 0 Å². The van der Waals surface area contributed by atoms with Gasteiger partial charge in [0.2, 0.25) is 11.6 Å². The number of aryl methyl sites for hydroxylation is 1. The van der Waals surface area contributed by atoms with Gasteiger partial charge in [0, 0.05) is 24.7 Å². The molecule has 0 saturated carbocycles. The number of carbonyl (C=O) groups is 2. The molecule has 0 atom stereocenters. The second-order valence-electron chi connectivity index (χ2n) is 9.28. The number of amides is 2. The molecule has 0 radical (unpaired) electrons. The number of nitrogens with one attached hydrogen (secondary N) is 3. The van der Waals surface area contributed by atoms with Gasteiger partial charge in [0.05, 0.1) is 11.0 Å². The molecule has 0 spiro atoms. The molecule has 2 heterocycles. The lowest BCUT2D eigenvalue weighted by Gasteiger charge is -2.19. The molecule has 0 saturated heterocycles. The highest BCUT2D eigenvalue weighted by atomic mass is 16.6. The normalized spacial score (nSPS) is 11.7. The number of nitrogens with zero attached hydrogens (tertiary/aromatic N) is 4. The summed E-state index contributed by atoms with van der Waals surface area (Å²) in [5.41, 5.74) is 2.41. The van der Waals surface area contributed by atoms with Crippen molar-refractivity contribution in [3.63, 3.8) is 0 Å². The Kier molecular flexibility index (Phi) is 7.35. The fourth-order valence-electron chi connectivity index (χ4n) is 3.22. The van der Waals surface area contributed by atoms with E-state index in [2.05, 4.69) is 26.1 Å². The number of rotatable bonds is 8. The Hall–Kier alpha value is -3.43. The van der Waals surface area contributed by atoms with Gasteiger partial charge in [-0.2, -0.15) is 0 Å². The number of benzene rings is 1. The van der Waals surface area contributed by atoms with Crippen LogP contribution in [-0.4, -0.2) is 50.3 Å². The van der Waals surface area contributed by atoms with Gasteiger partial charge in [-0.3, -0.25) is 9.20 Å². The van der Waals surface area contributed by atoms with Crippen molar-refractivity contribution in [2.75, 3.05) is 23.7 Å². The standard InChI is InChI=1S/C23H33N7O3/c1-14(2)21(31)26-16-9-10-17-18(13-16)30-15(3)28-29-20(30)19(27-17)24-11-7-8-12-25-22(32)33-23(4,5)6/h9-10,13-14H,7-8,11-12H2,1-6H3,(H,24,27)(H,25,32)(H,26,31). The first kappa shape index (κ1) is 24.2. The van der Waals surface area contributed by atoms with Crippen LogP contribution in [0.15, 0.2) is 18.2 Å². The summed E-state index contributed by atoms with van der Waals surface area (Å²) in [6.45, 7) is 12.3. The molecule has 0 aliphatic carbocycles. The Morgan fingerprint density at radius 2 is 1.85 bits per heavy atom. The van der Waals surface area contributed by atoms with E-state index in [0.29, 0.717) is 30.2 Å². The third kappa shape index (κ3) is 6.30. The number of anilines is 2. The summed E-state index contributed by atoms with van der Waals surface area (Å²) in [5, 5.41) is 17.5. The maximum absolute atomic E-state index is 12.1. The predicted octanol–water partition coefficient (Wildman–Crippen LogP) is 3.90. The average Bonchev–Trinajstić information content (AvgIpc) is 3.11. The van der Waals surface area contributed by atoms with Crippen molar-refractivity contribution >= 4 is 40.2 Å². The Morgan fingerprint density at radius 3 is 2.55 bits per heavy atom. The van der Waals surface area contributed by atoms with Gasteiger partial charge in [-0.05, 0) is 58.7 Å². The monoisotopic (exact) mass is 455 g/mol. The van der Waals surface area contributed by atoms with Crippen LogP contribution in [0.3, 0.4) is 0 Å². The van der Waals surface area contributed by atoms with E-state index in [0.717, 1.165) is 29.7 Å². The van der Waals surface area contributed by atoms with Crippen LogP contribution < -0.4 is 16.0 Å². The van der Waals surface area contributed by atoms with Crippen LogP contribution in [0.1, 0.15) is 53.3 Å². The third-order valence-corrected chi connectivity index (χ3v) is 4.84. The van der Waals surface area contributed by atoms with Gasteiger partial charge in [-0.25, -0.2) is 9.78 Å². The third-order valence-electron chi connectivity index (χ3n) is 4.84. The van der Waals surface area contributed by atoms with Gasteiger partial charge in [-0.15, -0.1) is 10.2 Å². The highest BCUT2D eigenvalue weighted by Crippen LogP contribution is 2.24. The molecule has 1 aromatic carbocycles. The van der Waals surface area contributed by atoms with Crippen molar-refractivity contribution in [3.05, 3.63) is 24.0 Å². The molecule has 3 aromatic rings. The Bertz CT molecular complexity index is 1150. The second kappa shape index (κ2) is 10.0. The van der Waals surface area contributed by atoms with E-state index in [-0.39, 0.29) is 11.8 Å². The van der Waals surface area contributed by atoms with E-state index in [1.165, 1.54) is 0 Å². The number of alkyl carbamates (subject to hydrolysis) is 1. The molecule has 0 bridgehead atoms. The van der Waals surface area contributed by atoms with Crippen LogP contribution in [-0.2, 0) is 9.53 Å². The largest absolute Gasteiger partial charge is 0.444 e. The molecular formula is C23H33N7O3. The van der Waals surface area contributed by atoms with Gasteiger partial charge in [-0.1, -0.05) is 13.8 Å². The summed E-state index contributed by atoms with van der Waals surface area (Å²) in [7, 11) is 0. The van der Waals surface area contributed by atoms with Crippen molar-refractivity contribution < 1.29 is 14.3 Å². The van der Waals surface area contributed by atoms with Crippen LogP contribution in [0.4, 0.5) is 16.3 Å². The highest BCUT2D eigenvalue weighted by Gasteiger charge is 2.16. The zero-order valence-electron chi connectivity index (χ0n) is 20.2. The van der Waals surface area contributed by atoms with E-state index in [1.54, 1.807) is 0 Å². The summed E-state index contributed by atoms with van der Waals surface area (Å²) in [6.07, 6.45) is 1.21. The van der Waals surface area contributed by atoms with Crippen LogP contribution in [0.25, 0.3) is 16.7 Å². The lowest BCUT2D eigenvalue weighted by Crippen LogP contribution is -2.33. The van der Waals surface area contributed by atoms with Gasteiger partial charge in [0.25, 0.3) is 0 Å². The lowest BCUT2D eigenvalue weighted by molar-refractivity contribution is -0.118. The maximum atomic E-state index is 12.1. The van der Waals surface area contributed by atoms with Gasteiger partial charge in [0.1, 0.15) is 11.4 Å². The van der Waals surface area contributed by atoms with Crippen molar-refractivity contribution in [2.24, 2.45) is 5.92 Å². The summed E-state index contributed by atoms with van der Waals surface area (Å²) >= 11 is 0. The SMILES string of the molecule is Cc1nnc2c(NCCCCNC(=O)OC(C)(C)C)nc3ccc(NC(=O)C(C)C)cc3n12. The van der Waals surface area contributed by atoms with E-state index in [1.807, 2.05) is 64.1 Å². The Labute approximate surface area is 193 Å². The molecule has 2 amide bonds. The zero-order valence-corrected chi connectivity index (χ0v) is 20.2. The summed E-state index contributed by atoms with van der Waals surface area (Å²) in [5.74, 6) is 1.22. The molecule has 10 heteroatoms. The number of carbonyl (C=O) groups excluding carboxylic acids is 2. The number of hydrogen-bond donors (Lipinski definition) is 3. The molecule has 0 aliphatic heterocycles. The first-order chi connectivity index (χ1) is 15.5. The summed E-state index contributed by atoms with van der Waals surface area (Å²) in [6, 6.07) is 5.60. The van der Waals surface area contributed by atoms with Crippen molar-refractivity contribution in [2.45, 2.75) is 60.0 Å². The predicted molar refractivity (Wildman–Crippen MR) is 128 cm³/mol. The molecule has 2 aromatic heterocycles. The highest BCUT2D eigenvalue weighted by molar-refractivity contribution is 5.94. The van der Waals surface area contributed by atoms with Gasteiger partial charge >= 0.3 is 6.09 Å². The Morgan fingerprint density at radius 1 is 1.12 bits per heavy atom. The molecule has 178 valence electrons. The molecular weight excluding hydrogens is 422 g/mol. The fourth-order valence-corrected chi connectivity index (χ4v) is 3.22. The number of fused-ring (bicyclic) bond motifs is 3. The van der Waals surface area contributed by atoms with Crippen LogP contribution in [0.5, 0.6) is 0 Å². The zero-order chi connectivity index (χ0) is 24.2. The first-order valence-corrected chi connectivity index (χ1v) is 11.2. The summed E-state index contributed by atoms with van der Waals surface area (Å²) in [4.78, 5) is 28.5. The van der Waals surface area contributed by atoms with Crippen LogP contribution >= 0.6 is 0 Å². The van der Waals surface area contributed by atoms with Gasteiger partial charge < -0.3 is 20.7 Å². The Balaban J connectivity index is 1.66. The average molecular weight is 456 g/mol. The molecule has 0 fully saturated rings. The second-order valence-corrected chi connectivity index (χ2v) is 9.28. The van der Waals surface area contributed by atoms with Crippen molar-refractivity contribution in [1.29, 1.82) is 0 Å². The van der Waals surface area contributed by atoms with Gasteiger partial charge in [0.15, 0.2) is 5.82 Å².